The number of hydrogen-bond acceptors (Lipinski definition) is 8. The largest absolute Gasteiger partial charge is 0.508 e. The summed E-state index contributed by atoms with van der Waals surface area (Å²) in [5.74, 6) is -3.44. The molecule has 2 aromatic rings. The minimum Gasteiger partial charge on any atom is -0.508 e. The lowest BCUT2D eigenvalue weighted by Crippen LogP contribution is -2.59. The van der Waals surface area contributed by atoms with E-state index in [1.54, 1.807) is 18.3 Å². The van der Waals surface area contributed by atoms with Crippen molar-refractivity contribution in [3.8, 4) is 5.75 Å². The van der Waals surface area contributed by atoms with E-state index < -0.39 is 54.0 Å². The van der Waals surface area contributed by atoms with Gasteiger partial charge in [-0.25, -0.2) is 9.78 Å². The molecule has 0 unspecified atom stereocenters. The molecule has 1 heterocycles. The second-order valence-corrected chi connectivity index (χ2v) is 9.56. The first-order chi connectivity index (χ1) is 17.9. The molecule has 0 aliphatic heterocycles. The fraction of sp³-hybridized carbons (Fsp3) is 0.480. The molecule has 0 saturated carbocycles. The van der Waals surface area contributed by atoms with Gasteiger partial charge in [-0.2, -0.15) is 0 Å². The molecule has 208 valence electrons. The van der Waals surface area contributed by atoms with Crippen LogP contribution in [0.1, 0.15) is 38.4 Å². The monoisotopic (exact) mass is 532 g/mol. The fourth-order valence-electron chi connectivity index (χ4n) is 3.71. The average molecular weight is 533 g/mol. The molecule has 13 heteroatoms. The SMILES string of the molecule is CC(C)C[C@H](N)C(=O)N[C@@H](Cc1c[nH]cn1)C(=O)N[C@@H](Cc1ccc(O)cc1)C(=O)N[C@H](C(=O)O)[C@@H](C)O. The van der Waals surface area contributed by atoms with Crippen molar-refractivity contribution in [2.45, 2.75) is 70.3 Å². The maximum absolute atomic E-state index is 13.4. The zero-order valence-corrected chi connectivity index (χ0v) is 21.5. The van der Waals surface area contributed by atoms with E-state index in [0.29, 0.717) is 17.7 Å². The van der Waals surface area contributed by atoms with E-state index in [1.165, 1.54) is 25.4 Å². The Balaban J connectivity index is 2.29. The third-order valence-corrected chi connectivity index (χ3v) is 5.72. The van der Waals surface area contributed by atoms with Gasteiger partial charge in [0.25, 0.3) is 0 Å². The number of rotatable bonds is 14. The van der Waals surface area contributed by atoms with Crippen molar-refractivity contribution < 1.29 is 34.5 Å². The molecular formula is C25H36N6O7. The number of carboxylic acid groups (broad SMARTS) is 1. The van der Waals surface area contributed by atoms with E-state index in [0.717, 1.165) is 0 Å². The highest BCUT2D eigenvalue weighted by molar-refractivity contribution is 5.94. The summed E-state index contributed by atoms with van der Waals surface area (Å²) in [7, 11) is 0. The molecule has 2 rings (SSSR count). The predicted molar refractivity (Wildman–Crippen MR) is 137 cm³/mol. The lowest BCUT2D eigenvalue weighted by molar-refractivity contribution is -0.145. The van der Waals surface area contributed by atoms with Crippen molar-refractivity contribution in [3.05, 3.63) is 48.0 Å². The van der Waals surface area contributed by atoms with E-state index in [-0.39, 0.29) is 24.5 Å². The summed E-state index contributed by atoms with van der Waals surface area (Å²) in [5, 5.41) is 36.2. The number of H-pyrrole nitrogens is 1. The van der Waals surface area contributed by atoms with Gasteiger partial charge < -0.3 is 42.0 Å². The minimum absolute atomic E-state index is 0.00153. The summed E-state index contributed by atoms with van der Waals surface area (Å²) in [6, 6.07) is 0.982. The van der Waals surface area contributed by atoms with Crippen LogP contribution in [-0.2, 0) is 32.0 Å². The Labute approximate surface area is 220 Å². The molecule has 0 spiro atoms. The number of nitrogens with zero attached hydrogens (tertiary/aromatic N) is 1. The number of aromatic nitrogens is 2. The number of nitrogens with two attached hydrogens (primary N) is 1. The van der Waals surface area contributed by atoms with Gasteiger partial charge in [0.15, 0.2) is 6.04 Å². The van der Waals surface area contributed by atoms with Crippen LogP contribution in [0.2, 0.25) is 0 Å². The van der Waals surface area contributed by atoms with Gasteiger partial charge in [0.05, 0.1) is 24.2 Å². The van der Waals surface area contributed by atoms with Gasteiger partial charge in [0.2, 0.25) is 17.7 Å². The Morgan fingerprint density at radius 3 is 2.05 bits per heavy atom. The van der Waals surface area contributed by atoms with Gasteiger partial charge in [-0.05, 0) is 37.0 Å². The summed E-state index contributed by atoms with van der Waals surface area (Å²) in [6.45, 7) is 5.03. The number of nitrogens with one attached hydrogen (secondary N) is 4. The summed E-state index contributed by atoms with van der Waals surface area (Å²) in [4.78, 5) is 57.5. The lowest BCUT2D eigenvalue weighted by Gasteiger charge is -2.26. The van der Waals surface area contributed by atoms with Crippen molar-refractivity contribution >= 4 is 23.7 Å². The number of hydrogen-bond donors (Lipinski definition) is 8. The summed E-state index contributed by atoms with van der Waals surface area (Å²) in [5.41, 5.74) is 7.02. The number of aromatic hydroxyl groups is 1. The van der Waals surface area contributed by atoms with E-state index in [1.807, 2.05) is 13.8 Å². The molecule has 38 heavy (non-hydrogen) atoms. The molecule has 0 saturated heterocycles. The number of aliphatic hydroxyl groups excluding tert-OH is 1. The number of phenols is 1. The molecule has 3 amide bonds. The van der Waals surface area contributed by atoms with E-state index in [2.05, 4.69) is 25.9 Å². The zero-order chi connectivity index (χ0) is 28.4. The fourth-order valence-corrected chi connectivity index (χ4v) is 3.71. The average Bonchev–Trinajstić information content (AvgIpc) is 3.35. The van der Waals surface area contributed by atoms with Crippen molar-refractivity contribution in [1.82, 2.24) is 25.9 Å². The molecule has 1 aromatic heterocycles. The molecule has 0 aliphatic rings. The number of phenolic OH excluding ortho intramolecular Hbond substituents is 1. The first-order valence-electron chi connectivity index (χ1n) is 12.2. The Bertz CT molecular complexity index is 1070. The number of aliphatic hydroxyl groups is 1. The van der Waals surface area contributed by atoms with E-state index >= 15 is 0 Å². The highest BCUT2D eigenvalue weighted by Gasteiger charge is 2.32. The second kappa shape index (κ2) is 14.1. The first-order valence-corrected chi connectivity index (χ1v) is 12.2. The standard InChI is InChI=1S/C25H36N6O7/c1-13(2)8-18(26)22(34)29-20(10-16-11-27-12-28-16)23(35)30-19(9-15-4-6-17(33)7-5-15)24(36)31-21(14(3)32)25(37)38/h4-7,11-14,18-21,32-33H,8-10,26H2,1-3H3,(H,27,28)(H,29,34)(H,30,35)(H,31,36)(H,37,38)/t14-,18+,19+,20+,21+/m1/s1. The normalized spacial score (nSPS) is 15.1. The molecule has 0 radical (unpaired) electrons. The highest BCUT2D eigenvalue weighted by Crippen LogP contribution is 2.12. The van der Waals surface area contributed by atoms with Crippen LogP contribution in [-0.4, -0.2) is 79.2 Å². The van der Waals surface area contributed by atoms with Gasteiger partial charge >= 0.3 is 5.97 Å². The molecular weight excluding hydrogens is 496 g/mol. The smallest absolute Gasteiger partial charge is 0.328 e. The van der Waals surface area contributed by atoms with Crippen LogP contribution in [0, 0.1) is 5.92 Å². The molecule has 13 nitrogen and oxygen atoms in total. The Morgan fingerprint density at radius 1 is 0.947 bits per heavy atom. The van der Waals surface area contributed by atoms with Crippen LogP contribution in [0.15, 0.2) is 36.8 Å². The molecule has 0 bridgehead atoms. The Morgan fingerprint density at radius 2 is 1.53 bits per heavy atom. The van der Waals surface area contributed by atoms with Crippen LogP contribution in [0.5, 0.6) is 5.75 Å². The summed E-state index contributed by atoms with van der Waals surface area (Å²) in [6.07, 6.45) is 1.88. The van der Waals surface area contributed by atoms with Gasteiger partial charge in [-0.1, -0.05) is 26.0 Å². The zero-order valence-electron chi connectivity index (χ0n) is 21.5. The molecule has 0 fully saturated rings. The van der Waals surface area contributed by atoms with E-state index in [4.69, 9.17) is 5.73 Å². The number of carboxylic acids is 1. The quantitative estimate of drug-likeness (QED) is 0.152. The van der Waals surface area contributed by atoms with Gasteiger partial charge in [0.1, 0.15) is 17.8 Å². The number of amides is 3. The van der Waals surface area contributed by atoms with E-state index in [9.17, 15) is 34.5 Å². The third-order valence-electron chi connectivity index (χ3n) is 5.72. The topological polar surface area (TPSA) is 220 Å². The minimum atomic E-state index is -1.62. The number of carbonyl (C=O) groups excluding carboxylic acids is 3. The lowest BCUT2D eigenvalue weighted by atomic mass is 10.0. The maximum Gasteiger partial charge on any atom is 0.328 e. The van der Waals surface area contributed by atoms with Crippen LogP contribution in [0.4, 0.5) is 0 Å². The molecule has 0 aliphatic carbocycles. The number of aromatic amines is 1. The van der Waals surface area contributed by atoms with Gasteiger partial charge in [-0.3, -0.25) is 14.4 Å². The number of benzene rings is 1. The van der Waals surface area contributed by atoms with Crippen molar-refractivity contribution in [2.24, 2.45) is 11.7 Å². The molecule has 5 atom stereocenters. The van der Waals surface area contributed by atoms with Crippen LogP contribution >= 0.6 is 0 Å². The molecule has 1 aromatic carbocycles. The van der Waals surface area contributed by atoms with Crippen LogP contribution in [0.3, 0.4) is 0 Å². The highest BCUT2D eigenvalue weighted by atomic mass is 16.4. The number of imidazole rings is 1. The van der Waals surface area contributed by atoms with Crippen LogP contribution < -0.4 is 21.7 Å². The van der Waals surface area contributed by atoms with Crippen LogP contribution in [0.25, 0.3) is 0 Å². The number of aliphatic carboxylic acids is 1. The summed E-state index contributed by atoms with van der Waals surface area (Å²) < 4.78 is 0. The first kappa shape index (κ1) is 30.3. The van der Waals surface area contributed by atoms with Crippen molar-refractivity contribution in [3.63, 3.8) is 0 Å². The van der Waals surface area contributed by atoms with Crippen molar-refractivity contribution in [1.29, 1.82) is 0 Å². The Hall–Kier alpha value is -3.97. The number of carbonyl (C=O) groups is 4. The Kier molecular flexibility index (Phi) is 11.2. The van der Waals surface area contributed by atoms with Crippen molar-refractivity contribution in [2.75, 3.05) is 0 Å². The summed E-state index contributed by atoms with van der Waals surface area (Å²) >= 11 is 0. The molecule has 9 N–H and O–H groups in total. The maximum atomic E-state index is 13.4. The van der Waals surface area contributed by atoms with Gasteiger partial charge in [-0.15, -0.1) is 0 Å². The van der Waals surface area contributed by atoms with Gasteiger partial charge in [0, 0.05) is 19.0 Å². The second-order valence-electron chi connectivity index (χ2n) is 9.56. The predicted octanol–water partition coefficient (Wildman–Crippen LogP) is -0.806. The third kappa shape index (κ3) is 9.48.